The highest BCUT2D eigenvalue weighted by atomic mass is 15.2. The zero-order valence-electron chi connectivity index (χ0n) is 9.49. The van der Waals surface area contributed by atoms with Gasteiger partial charge in [0.2, 0.25) is 5.95 Å². The fraction of sp³-hybridized carbons (Fsp3) is 0.700. The van der Waals surface area contributed by atoms with Gasteiger partial charge in [0.25, 0.3) is 0 Å². The number of aryl methyl sites for hydroxylation is 1. The zero-order valence-corrected chi connectivity index (χ0v) is 9.49. The van der Waals surface area contributed by atoms with E-state index in [-0.39, 0.29) is 0 Å². The average molecular weight is 196 g/mol. The Hall–Kier alpha value is -1.03. The topological polar surface area (TPSA) is 33.1 Å². The third-order valence-electron chi connectivity index (χ3n) is 2.45. The fourth-order valence-electron chi connectivity index (χ4n) is 1.14. The van der Waals surface area contributed by atoms with Gasteiger partial charge in [0.1, 0.15) is 0 Å². The largest absolute Gasteiger partial charge is 0.354 e. The molecule has 1 heterocycles. The first-order valence-corrected chi connectivity index (χ1v) is 5.02. The van der Waals surface area contributed by atoms with Crippen LogP contribution in [0.3, 0.4) is 0 Å². The highest BCUT2D eigenvalue weighted by molar-refractivity contribution is 5.24. The van der Waals surface area contributed by atoms with Crippen LogP contribution in [0.1, 0.15) is 13.8 Å². The summed E-state index contributed by atoms with van der Waals surface area (Å²) in [5, 5.41) is 3.29. The molecule has 0 aliphatic heterocycles. The summed E-state index contributed by atoms with van der Waals surface area (Å²) < 4.78 is 1.98. The van der Waals surface area contributed by atoms with E-state index in [0.717, 1.165) is 19.0 Å². The van der Waals surface area contributed by atoms with E-state index in [2.05, 4.69) is 36.1 Å². The predicted molar refractivity (Wildman–Crippen MR) is 59.5 cm³/mol. The number of hydrogen-bond acceptors (Lipinski definition) is 3. The van der Waals surface area contributed by atoms with Crippen LogP contribution >= 0.6 is 0 Å². The minimum absolute atomic E-state index is 0.596. The molecule has 1 rings (SSSR count). The van der Waals surface area contributed by atoms with Gasteiger partial charge < -0.3 is 14.8 Å². The van der Waals surface area contributed by atoms with E-state index < -0.39 is 0 Å². The third kappa shape index (κ3) is 3.03. The van der Waals surface area contributed by atoms with Gasteiger partial charge in [-0.2, -0.15) is 0 Å². The molecule has 1 N–H and O–H groups in total. The zero-order chi connectivity index (χ0) is 10.6. The minimum Gasteiger partial charge on any atom is -0.354 e. The molecule has 1 aromatic rings. The number of imidazole rings is 1. The van der Waals surface area contributed by atoms with Crippen LogP contribution in [0.5, 0.6) is 0 Å². The second kappa shape index (κ2) is 5.00. The number of nitrogens with one attached hydrogen (secondary N) is 1. The first-order chi connectivity index (χ1) is 6.61. The Kier molecular flexibility index (Phi) is 3.95. The van der Waals surface area contributed by atoms with E-state index >= 15 is 0 Å². The van der Waals surface area contributed by atoms with Gasteiger partial charge in [0.05, 0.1) is 0 Å². The Morgan fingerprint density at radius 3 is 2.79 bits per heavy atom. The molecule has 0 fully saturated rings. The van der Waals surface area contributed by atoms with Crippen LogP contribution in [-0.4, -0.2) is 40.6 Å². The molecule has 0 aliphatic rings. The molecule has 0 radical (unpaired) electrons. The summed E-state index contributed by atoms with van der Waals surface area (Å²) in [6.45, 7) is 6.35. The van der Waals surface area contributed by atoms with E-state index in [1.165, 1.54) is 0 Å². The van der Waals surface area contributed by atoms with Crippen molar-refractivity contribution in [3.8, 4) is 0 Å². The van der Waals surface area contributed by atoms with Crippen molar-refractivity contribution in [2.45, 2.75) is 19.9 Å². The summed E-state index contributed by atoms with van der Waals surface area (Å²) in [7, 11) is 4.12. The SMILES string of the molecule is CC(C)N(C)CCNc1nccn1C. The molecule has 0 unspecified atom stereocenters. The Morgan fingerprint density at radius 1 is 1.57 bits per heavy atom. The van der Waals surface area contributed by atoms with Crippen LogP contribution in [0, 0.1) is 0 Å². The second-order valence-corrected chi connectivity index (χ2v) is 3.86. The average Bonchev–Trinajstić information content (AvgIpc) is 2.51. The summed E-state index contributed by atoms with van der Waals surface area (Å²) in [5.74, 6) is 0.933. The standard InChI is InChI=1S/C10H20N4/c1-9(2)13(3)7-5-11-10-12-6-8-14(10)4/h6,8-9H,5,7H2,1-4H3,(H,11,12). The van der Waals surface area contributed by atoms with E-state index in [4.69, 9.17) is 0 Å². The molecule has 14 heavy (non-hydrogen) atoms. The lowest BCUT2D eigenvalue weighted by Gasteiger charge is -2.20. The summed E-state index contributed by atoms with van der Waals surface area (Å²) >= 11 is 0. The van der Waals surface area contributed by atoms with Gasteiger partial charge in [-0.15, -0.1) is 0 Å². The number of aromatic nitrogens is 2. The fourth-order valence-corrected chi connectivity index (χ4v) is 1.14. The van der Waals surface area contributed by atoms with Crippen molar-refractivity contribution in [1.82, 2.24) is 14.5 Å². The molecule has 0 aromatic carbocycles. The van der Waals surface area contributed by atoms with Crippen LogP contribution in [0.15, 0.2) is 12.4 Å². The highest BCUT2D eigenvalue weighted by Crippen LogP contribution is 2.00. The van der Waals surface area contributed by atoms with Gasteiger partial charge in [0.15, 0.2) is 0 Å². The van der Waals surface area contributed by atoms with Crippen LogP contribution in [0.4, 0.5) is 5.95 Å². The smallest absolute Gasteiger partial charge is 0.202 e. The van der Waals surface area contributed by atoms with E-state index in [1.807, 2.05) is 17.8 Å². The Bertz CT molecular complexity index is 267. The lowest BCUT2D eigenvalue weighted by molar-refractivity contribution is 0.284. The lowest BCUT2D eigenvalue weighted by atomic mass is 10.3. The van der Waals surface area contributed by atoms with Crippen molar-refractivity contribution >= 4 is 5.95 Å². The molecule has 0 saturated heterocycles. The molecule has 4 heteroatoms. The van der Waals surface area contributed by atoms with Crippen molar-refractivity contribution in [3.63, 3.8) is 0 Å². The Balaban J connectivity index is 2.25. The summed E-state index contributed by atoms with van der Waals surface area (Å²) in [4.78, 5) is 6.49. The molecule has 1 aromatic heterocycles. The normalized spacial score (nSPS) is 11.3. The van der Waals surface area contributed by atoms with Crippen LogP contribution < -0.4 is 5.32 Å². The highest BCUT2D eigenvalue weighted by Gasteiger charge is 2.02. The van der Waals surface area contributed by atoms with Crippen molar-refractivity contribution in [2.75, 3.05) is 25.5 Å². The number of nitrogens with zero attached hydrogens (tertiary/aromatic N) is 3. The molecule has 0 bridgehead atoms. The lowest BCUT2D eigenvalue weighted by Crippen LogP contribution is -2.31. The van der Waals surface area contributed by atoms with Crippen molar-refractivity contribution in [3.05, 3.63) is 12.4 Å². The molecule has 0 saturated carbocycles. The number of hydrogen-bond donors (Lipinski definition) is 1. The number of rotatable bonds is 5. The minimum atomic E-state index is 0.596. The molecule has 0 amide bonds. The molecule has 0 spiro atoms. The van der Waals surface area contributed by atoms with Crippen molar-refractivity contribution in [2.24, 2.45) is 7.05 Å². The maximum Gasteiger partial charge on any atom is 0.202 e. The summed E-state index contributed by atoms with van der Waals surface area (Å²) in [6, 6.07) is 0.596. The number of anilines is 1. The van der Waals surface area contributed by atoms with E-state index in [9.17, 15) is 0 Å². The first-order valence-electron chi connectivity index (χ1n) is 5.02. The molecule has 4 nitrogen and oxygen atoms in total. The van der Waals surface area contributed by atoms with Crippen LogP contribution in [0.25, 0.3) is 0 Å². The third-order valence-corrected chi connectivity index (χ3v) is 2.45. The van der Waals surface area contributed by atoms with Gasteiger partial charge in [-0.3, -0.25) is 0 Å². The van der Waals surface area contributed by atoms with Crippen molar-refractivity contribution < 1.29 is 0 Å². The van der Waals surface area contributed by atoms with Crippen molar-refractivity contribution in [1.29, 1.82) is 0 Å². The first kappa shape index (κ1) is 11.0. The molecule has 80 valence electrons. The molecular formula is C10H20N4. The molecule has 0 aliphatic carbocycles. The summed E-state index contributed by atoms with van der Waals surface area (Å²) in [6.07, 6.45) is 3.74. The van der Waals surface area contributed by atoms with Gasteiger partial charge in [0, 0.05) is 38.6 Å². The van der Waals surface area contributed by atoms with E-state index in [1.54, 1.807) is 6.20 Å². The second-order valence-electron chi connectivity index (χ2n) is 3.86. The Labute approximate surface area is 85.9 Å². The van der Waals surface area contributed by atoms with E-state index in [0.29, 0.717) is 6.04 Å². The quantitative estimate of drug-likeness (QED) is 0.767. The summed E-state index contributed by atoms with van der Waals surface area (Å²) in [5.41, 5.74) is 0. The van der Waals surface area contributed by atoms with Gasteiger partial charge in [-0.1, -0.05) is 0 Å². The molecule has 0 atom stereocenters. The molecular weight excluding hydrogens is 176 g/mol. The maximum absolute atomic E-state index is 4.19. The Morgan fingerprint density at radius 2 is 2.29 bits per heavy atom. The van der Waals surface area contributed by atoms with Gasteiger partial charge in [-0.05, 0) is 20.9 Å². The van der Waals surface area contributed by atoms with Crippen LogP contribution in [0.2, 0.25) is 0 Å². The number of likely N-dealkylation sites (N-methyl/N-ethyl adjacent to an activating group) is 1. The van der Waals surface area contributed by atoms with Crippen LogP contribution in [-0.2, 0) is 7.05 Å². The van der Waals surface area contributed by atoms with Gasteiger partial charge in [-0.25, -0.2) is 4.98 Å². The monoisotopic (exact) mass is 196 g/mol. The maximum atomic E-state index is 4.19. The van der Waals surface area contributed by atoms with Gasteiger partial charge >= 0.3 is 0 Å². The predicted octanol–water partition coefficient (Wildman–Crippen LogP) is 1.17.